The van der Waals surface area contributed by atoms with Crippen molar-refractivity contribution in [1.82, 2.24) is 9.97 Å². The zero-order valence-corrected chi connectivity index (χ0v) is 12.1. The van der Waals surface area contributed by atoms with Gasteiger partial charge in [-0.2, -0.15) is 0 Å². The van der Waals surface area contributed by atoms with Crippen molar-refractivity contribution in [2.75, 3.05) is 11.6 Å². The molecule has 4 N–H and O–H groups in total. The topological polar surface area (TPSA) is 110 Å². The lowest BCUT2D eigenvalue weighted by atomic mass is 10.2. The first-order valence-electron chi connectivity index (χ1n) is 5.97. The number of thioether (sulfide) groups is 1. The molecule has 110 valence electrons. The van der Waals surface area contributed by atoms with Crippen LogP contribution in [0.3, 0.4) is 0 Å². The molecular formula is C13H14N4O3S. The van der Waals surface area contributed by atoms with Gasteiger partial charge < -0.3 is 20.9 Å². The van der Waals surface area contributed by atoms with Crippen molar-refractivity contribution in [3.63, 3.8) is 0 Å². The molecule has 7 nitrogen and oxygen atoms in total. The van der Waals surface area contributed by atoms with Crippen LogP contribution in [0.25, 0.3) is 0 Å². The van der Waals surface area contributed by atoms with Crippen LogP contribution in [-0.4, -0.2) is 27.4 Å². The summed E-state index contributed by atoms with van der Waals surface area (Å²) in [5.74, 6) is 0.810. The molecule has 0 radical (unpaired) electrons. The van der Waals surface area contributed by atoms with Gasteiger partial charge in [-0.1, -0.05) is 17.8 Å². The standard InChI is InChI=1S/C13H14N4O3S/c1-21-13-15-6-8(7-18)11(17-13)16-9-3-2-4-10(5-9)20-12(14)19/h2-6,18H,7H2,1H3,(H2,14,19)(H,15,16,17). The molecule has 0 aliphatic carbocycles. The Balaban J connectivity index is 2.26. The van der Waals surface area contributed by atoms with E-state index in [4.69, 9.17) is 10.5 Å². The molecule has 0 aliphatic rings. The molecule has 0 saturated carbocycles. The number of anilines is 2. The Kier molecular flexibility index (Phi) is 4.96. The van der Waals surface area contributed by atoms with Crippen molar-refractivity contribution in [2.24, 2.45) is 5.73 Å². The average Bonchev–Trinajstić information content (AvgIpc) is 2.47. The fourth-order valence-electron chi connectivity index (χ4n) is 1.60. The summed E-state index contributed by atoms with van der Waals surface area (Å²) in [5, 5.41) is 13.0. The minimum absolute atomic E-state index is 0.186. The summed E-state index contributed by atoms with van der Waals surface area (Å²) >= 11 is 1.39. The summed E-state index contributed by atoms with van der Waals surface area (Å²) < 4.78 is 4.81. The maximum Gasteiger partial charge on any atom is 0.409 e. The molecule has 2 aromatic rings. The molecule has 21 heavy (non-hydrogen) atoms. The summed E-state index contributed by atoms with van der Waals surface area (Å²) in [6.07, 6.45) is 2.54. The van der Waals surface area contributed by atoms with Crippen molar-refractivity contribution < 1.29 is 14.6 Å². The summed E-state index contributed by atoms with van der Waals surface area (Å²) in [5.41, 5.74) is 6.18. The number of rotatable bonds is 5. The number of aliphatic hydroxyl groups excluding tert-OH is 1. The Morgan fingerprint density at radius 2 is 2.33 bits per heavy atom. The van der Waals surface area contributed by atoms with Gasteiger partial charge in [0.2, 0.25) is 0 Å². The predicted octanol–water partition coefficient (Wildman–Crippen LogP) is 1.89. The van der Waals surface area contributed by atoms with Gasteiger partial charge in [0, 0.05) is 23.5 Å². The molecule has 0 aliphatic heterocycles. The molecule has 0 saturated heterocycles. The zero-order valence-electron chi connectivity index (χ0n) is 11.2. The molecule has 8 heteroatoms. The second-order valence-corrected chi connectivity index (χ2v) is 4.74. The molecule has 0 fully saturated rings. The normalized spacial score (nSPS) is 10.2. The van der Waals surface area contributed by atoms with Gasteiger partial charge in [-0.3, -0.25) is 0 Å². The van der Waals surface area contributed by atoms with Crippen LogP contribution in [0, 0.1) is 0 Å². The van der Waals surface area contributed by atoms with E-state index < -0.39 is 6.09 Å². The predicted molar refractivity (Wildman–Crippen MR) is 79.7 cm³/mol. The number of amides is 1. The Morgan fingerprint density at radius 1 is 1.52 bits per heavy atom. The van der Waals surface area contributed by atoms with Crippen LogP contribution < -0.4 is 15.8 Å². The maximum atomic E-state index is 10.7. The molecule has 1 aromatic carbocycles. The van der Waals surface area contributed by atoms with E-state index in [1.807, 2.05) is 6.26 Å². The van der Waals surface area contributed by atoms with Crippen LogP contribution in [0.5, 0.6) is 5.75 Å². The van der Waals surface area contributed by atoms with Crippen molar-refractivity contribution in [3.8, 4) is 5.75 Å². The first-order chi connectivity index (χ1) is 10.1. The van der Waals surface area contributed by atoms with Crippen LogP contribution in [0.4, 0.5) is 16.3 Å². The van der Waals surface area contributed by atoms with Crippen molar-refractivity contribution in [3.05, 3.63) is 36.0 Å². The van der Waals surface area contributed by atoms with Gasteiger partial charge in [0.15, 0.2) is 5.16 Å². The van der Waals surface area contributed by atoms with E-state index in [1.165, 1.54) is 11.8 Å². The van der Waals surface area contributed by atoms with Crippen LogP contribution in [0.1, 0.15) is 5.56 Å². The second-order valence-electron chi connectivity index (χ2n) is 3.96. The third-order valence-corrected chi connectivity index (χ3v) is 3.07. The van der Waals surface area contributed by atoms with E-state index >= 15 is 0 Å². The third-order valence-electron chi connectivity index (χ3n) is 2.51. The summed E-state index contributed by atoms with van der Waals surface area (Å²) in [6.45, 7) is -0.186. The van der Waals surface area contributed by atoms with Crippen molar-refractivity contribution >= 4 is 29.4 Å². The highest BCUT2D eigenvalue weighted by Crippen LogP contribution is 2.24. The van der Waals surface area contributed by atoms with Crippen LogP contribution in [-0.2, 0) is 6.61 Å². The Bertz CT molecular complexity index is 651. The van der Waals surface area contributed by atoms with Gasteiger partial charge in [-0.25, -0.2) is 14.8 Å². The zero-order chi connectivity index (χ0) is 15.2. The highest BCUT2D eigenvalue weighted by molar-refractivity contribution is 7.98. The van der Waals surface area contributed by atoms with E-state index in [-0.39, 0.29) is 6.61 Å². The van der Waals surface area contributed by atoms with Crippen LogP contribution in [0.15, 0.2) is 35.6 Å². The molecule has 0 bridgehead atoms. The molecule has 0 spiro atoms. The highest BCUT2D eigenvalue weighted by Gasteiger charge is 2.08. The quantitative estimate of drug-likeness (QED) is 0.571. The summed E-state index contributed by atoms with van der Waals surface area (Å²) in [6, 6.07) is 6.69. The van der Waals surface area contributed by atoms with Gasteiger partial charge >= 0.3 is 6.09 Å². The number of hydrogen-bond donors (Lipinski definition) is 3. The highest BCUT2D eigenvalue weighted by atomic mass is 32.2. The molecule has 1 aromatic heterocycles. The van der Waals surface area contributed by atoms with Gasteiger partial charge in [-0.15, -0.1) is 0 Å². The minimum atomic E-state index is -0.880. The lowest BCUT2D eigenvalue weighted by Gasteiger charge is -2.11. The SMILES string of the molecule is CSc1ncc(CO)c(Nc2cccc(OC(N)=O)c2)n1. The molecule has 0 atom stereocenters. The van der Waals surface area contributed by atoms with Crippen LogP contribution in [0.2, 0.25) is 0 Å². The van der Waals surface area contributed by atoms with Gasteiger partial charge in [0.25, 0.3) is 0 Å². The van der Waals surface area contributed by atoms with Gasteiger partial charge in [0.1, 0.15) is 11.6 Å². The molecule has 1 heterocycles. The lowest BCUT2D eigenvalue weighted by Crippen LogP contribution is -2.16. The van der Waals surface area contributed by atoms with E-state index in [9.17, 15) is 9.90 Å². The number of hydrogen-bond acceptors (Lipinski definition) is 7. The number of carbonyl (C=O) groups is 1. The van der Waals surface area contributed by atoms with Gasteiger partial charge in [-0.05, 0) is 18.4 Å². The number of benzene rings is 1. The van der Waals surface area contributed by atoms with E-state index in [0.29, 0.717) is 28.0 Å². The smallest absolute Gasteiger partial charge is 0.409 e. The Labute approximate surface area is 125 Å². The average molecular weight is 306 g/mol. The summed E-state index contributed by atoms with van der Waals surface area (Å²) in [7, 11) is 0. The number of nitrogens with zero attached hydrogens (tertiary/aromatic N) is 2. The van der Waals surface area contributed by atoms with Crippen molar-refractivity contribution in [1.29, 1.82) is 0 Å². The number of aromatic nitrogens is 2. The number of nitrogens with two attached hydrogens (primary N) is 1. The first kappa shape index (κ1) is 15.1. The van der Waals surface area contributed by atoms with E-state index in [2.05, 4.69) is 15.3 Å². The Hall–Kier alpha value is -2.32. The monoisotopic (exact) mass is 306 g/mol. The fraction of sp³-hybridized carbons (Fsp3) is 0.154. The Morgan fingerprint density at radius 3 is 3.00 bits per heavy atom. The van der Waals surface area contributed by atoms with E-state index in [1.54, 1.807) is 30.5 Å². The van der Waals surface area contributed by atoms with E-state index in [0.717, 1.165) is 0 Å². The van der Waals surface area contributed by atoms with Crippen molar-refractivity contribution in [2.45, 2.75) is 11.8 Å². The second kappa shape index (κ2) is 6.91. The lowest BCUT2D eigenvalue weighted by molar-refractivity contribution is 0.211. The minimum Gasteiger partial charge on any atom is -0.410 e. The number of aliphatic hydroxyl groups is 1. The number of primary amides is 1. The fourth-order valence-corrected chi connectivity index (χ4v) is 1.94. The molecule has 0 unspecified atom stereocenters. The van der Waals surface area contributed by atoms with Crippen LogP contribution >= 0.6 is 11.8 Å². The first-order valence-corrected chi connectivity index (χ1v) is 7.20. The number of ether oxygens (including phenoxy) is 1. The molecule has 2 rings (SSSR count). The molecular weight excluding hydrogens is 292 g/mol. The van der Waals surface area contributed by atoms with Gasteiger partial charge in [0.05, 0.1) is 6.61 Å². The summed E-state index contributed by atoms with van der Waals surface area (Å²) in [4.78, 5) is 19.1. The molecule has 1 amide bonds. The maximum absolute atomic E-state index is 10.7. The third kappa shape index (κ3) is 4.07. The number of nitrogens with one attached hydrogen (secondary N) is 1. The largest absolute Gasteiger partial charge is 0.410 e. The number of carbonyl (C=O) groups excluding carboxylic acids is 1.